The molecule has 0 atom stereocenters. The Kier molecular flexibility index (Phi) is 13.3. The molecule has 4 N–H and O–H groups in total. The summed E-state index contributed by atoms with van der Waals surface area (Å²) in [6, 6.07) is 7.65. The van der Waals surface area contributed by atoms with E-state index in [9.17, 15) is 27.9 Å². The van der Waals surface area contributed by atoms with Crippen molar-refractivity contribution in [2.75, 3.05) is 25.5 Å². The molecular weight excluding hydrogens is 479 g/mol. The van der Waals surface area contributed by atoms with Gasteiger partial charge in [-0.3, -0.25) is 4.79 Å². The molecule has 0 bridgehead atoms. The number of anilines is 1. The van der Waals surface area contributed by atoms with Gasteiger partial charge >= 0.3 is 18.2 Å². The highest BCUT2D eigenvalue weighted by atomic mass is 19.4. The van der Waals surface area contributed by atoms with Gasteiger partial charge in [-0.25, -0.2) is 4.79 Å². The molecule has 1 fully saturated rings. The first-order valence-electron chi connectivity index (χ1n) is 12.4. The van der Waals surface area contributed by atoms with E-state index in [0.29, 0.717) is 12.8 Å². The zero-order valence-corrected chi connectivity index (χ0v) is 21.0. The molecule has 204 valence electrons. The Hall–Kier alpha value is -2.82. The second-order valence-electron chi connectivity index (χ2n) is 9.39. The number of carbonyl (C=O) groups is 3. The Morgan fingerprint density at radius 2 is 1.56 bits per heavy atom. The highest BCUT2D eigenvalue weighted by molar-refractivity contribution is 5.90. The van der Waals surface area contributed by atoms with Crippen LogP contribution >= 0.6 is 0 Å². The van der Waals surface area contributed by atoms with Crippen LogP contribution in [0.1, 0.15) is 70.3 Å². The molecule has 1 heterocycles. The first kappa shape index (κ1) is 31.2. The summed E-state index contributed by atoms with van der Waals surface area (Å²) in [5.41, 5.74) is 1.36. The minimum absolute atomic E-state index is 0.0368. The third-order valence-corrected chi connectivity index (χ3v) is 6.19. The summed E-state index contributed by atoms with van der Waals surface area (Å²) in [5, 5.41) is 23.9. The number of carbonyl (C=O) groups excluding carboxylic acids is 2. The summed E-state index contributed by atoms with van der Waals surface area (Å²) in [7, 11) is 2.09. The van der Waals surface area contributed by atoms with Crippen LogP contribution in [0, 0.1) is 0 Å². The van der Waals surface area contributed by atoms with Crippen molar-refractivity contribution in [3.05, 3.63) is 29.8 Å². The first-order valence-corrected chi connectivity index (χ1v) is 12.4. The molecule has 0 aromatic heterocycles. The third kappa shape index (κ3) is 12.8. The molecule has 1 aliphatic heterocycles. The molecule has 8 nitrogen and oxygen atoms in total. The minimum atomic E-state index is -5.19. The standard InChI is InChI=1S/C23H37N3O3.C2HF3O2/c1-3-4-5-6-7-8-9-19-10-12-20(13-11-19)24-22(29)25-23(18-21(27)28)14-16-26(2)17-15-23;3-2(4,5)1(6)7/h10-13H,3-9,14-18H2,1-2H3,(H,27,28)(H2,24,25,29);(H,6,7). The largest absolute Gasteiger partial charge is 0.542 e. The van der Waals surface area contributed by atoms with Gasteiger partial charge in [-0.1, -0.05) is 51.2 Å². The number of aliphatic carboxylic acids is 2. The number of alkyl halides is 3. The minimum Gasteiger partial charge on any atom is -0.542 e. The Morgan fingerprint density at radius 1 is 1.03 bits per heavy atom. The second-order valence-corrected chi connectivity index (χ2v) is 9.39. The van der Waals surface area contributed by atoms with Crippen molar-refractivity contribution in [3.63, 3.8) is 0 Å². The van der Waals surface area contributed by atoms with Crippen LogP contribution in [0.15, 0.2) is 24.3 Å². The molecule has 1 aliphatic rings. The van der Waals surface area contributed by atoms with Gasteiger partial charge in [0.1, 0.15) is 5.97 Å². The van der Waals surface area contributed by atoms with Crippen LogP contribution in [0.3, 0.4) is 0 Å². The second kappa shape index (κ2) is 15.3. The van der Waals surface area contributed by atoms with E-state index < -0.39 is 23.7 Å². The zero-order valence-electron chi connectivity index (χ0n) is 21.0. The van der Waals surface area contributed by atoms with Crippen LogP contribution in [0.2, 0.25) is 0 Å². The number of carboxylic acid groups (broad SMARTS) is 2. The molecule has 0 radical (unpaired) electrons. The van der Waals surface area contributed by atoms with Crippen molar-refractivity contribution in [2.24, 2.45) is 0 Å². The molecule has 1 saturated heterocycles. The van der Waals surface area contributed by atoms with Crippen molar-refractivity contribution in [1.29, 1.82) is 0 Å². The number of likely N-dealkylation sites (tertiary alicyclic amines) is 1. The van der Waals surface area contributed by atoms with Crippen molar-refractivity contribution in [3.8, 4) is 0 Å². The number of carboxylic acids is 2. The smallest absolute Gasteiger partial charge is 0.430 e. The highest BCUT2D eigenvalue weighted by Gasteiger charge is 2.39. The van der Waals surface area contributed by atoms with E-state index in [1.54, 1.807) is 0 Å². The molecule has 1 aromatic rings. The quantitative estimate of drug-likeness (QED) is 0.336. The average molecular weight is 518 g/mol. The molecule has 36 heavy (non-hydrogen) atoms. The fourth-order valence-electron chi connectivity index (χ4n) is 4.06. The molecule has 2 amide bonds. The molecule has 1 aromatic carbocycles. The van der Waals surface area contributed by atoms with E-state index in [1.165, 1.54) is 49.0 Å². The highest BCUT2D eigenvalue weighted by Crippen LogP contribution is 2.22. The van der Waals surface area contributed by atoms with Gasteiger partial charge in [0.2, 0.25) is 0 Å². The van der Waals surface area contributed by atoms with E-state index >= 15 is 0 Å². The number of amides is 2. The van der Waals surface area contributed by atoms with Gasteiger partial charge in [-0.15, -0.1) is 0 Å². The van der Waals surface area contributed by atoms with Crippen molar-refractivity contribution >= 4 is 23.7 Å². The lowest BCUT2D eigenvalue weighted by Crippen LogP contribution is -3.11. The summed E-state index contributed by atoms with van der Waals surface area (Å²) in [6.45, 7) is 3.96. The van der Waals surface area contributed by atoms with Crippen molar-refractivity contribution < 1.29 is 42.7 Å². The lowest BCUT2D eigenvalue weighted by Gasteiger charge is -2.38. The van der Waals surface area contributed by atoms with Crippen LogP contribution in [-0.4, -0.2) is 54.9 Å². The van der Waals surface area contributed by atoms with Crippen LogP contribution in [0.25, 0.3) is 0 Å². The van der Waals surface area contributed by atoms with Crippen molar-refractivity contribution in [1.82, 2.24) is 5.32 Å². The molecule has 0 unspecified atom stereocenters. The summed E-state index contributed by atoms with van der Waals surface area (Å²) in [6.07, 6.45) is 4.90. The summed E-state index contributed by atoms with van der Waals surface area (Å²) >= 11 is 0. The van der Waals surface area contributed by atoms with Crippen LogP contribution in [-0.2, 0) is 16.0 Å². The van der Waals surface area contributed by atoms with Gasteiger partial charge in [0.25, 0.3) is 0 Å². The number of benzene rings is 1. The Labute approximate surface area is 210 Å². The van der Waals surface area contributed by atoms with Gasteiger partial charge in [0, 0.05) is 18.5 Å². The lowest BCUT2D eigenvalue weighted by molar-refractivity contribution is -0.886. The normalized spacial score (nSPS) is 19.5. The van der Waals surface area contributed by atoms with E-state index in [1.807, 2.05) is 12.1 Å². The molecular formula is C25H38F3N3O5. The Morgan fingerprint density at radius 3 is 2.06 bits per heavy atom. The molecule has 0 saturated carbocycles. The number of urea groups is 1. The number of aryl methyl sites for hydroxylation is 1. The maximum atomic E-state index is 12.5. The van der Waals surface area contributed by atoms with Gasteiger partial charge < -0.3 is 30.5 Å². The zero-order chi connectivity index (χ0) is 27.2. The number of unbranched alkanes of at least 4 members (excludes halogenated alkanes) is 5. The van der Waals surface area contributed by atoms with Crippen LogP contribution in [0.4, 0.5) is 23.7 Å². The lowest BCUT2D eigenvalue weighted by atomic mass is 9.84. The summed E-state index contributed by atoms with van der Waals surface area (Å²) < 4.78 is 31.5. The first-order chi connectivity index (χ1) is 16.9. The van der Waals surface area contributed by atoms with Gasteiger partial charge in [0.15, 0.2) is 0 Å². The number of piperidine rings is 1. The van der Waals surface area contributed by atoms with E-state index in [2.05, 4.69) is 36.7 Å². The SMILES string of the molecule is CCCCCCCCc1ccc(NC(=O)NC2(CC(=O)O)CC[NH+](C)CC2)cc1.O=C([O-])C(F)(F)F. The number of hydrogen-bond donors (Lipinski definition) is 4. The predicted octanol–water partition coefficient (Wildman–Crippen LogP) is 2.53. The monoisotopic (exact) mass is 517 g/mol. The topological polar surface area (TPSA) is 123 Å². The molecule has 2 rings (SSSR count). The number of halogens is 3. The maximum Gasteiger partial charge on any atom is 0.430 e. The summed E-state index contributed by atoms with van der Waals surface area (Å²) in [4.78, 5) is 34.0. The number of rotatable bonds is 11. The number of nitrogens with one attached hydrogen (secondary N) is 3. The Balaban J connectivity index is 0.000000809. The van der Waals surface area contributed by atoms with E-state index in [-0.39, 0.29) is 12.5 Å². The summed E-state index contributed by atoms with van der Waals surface area (Å²) in [5.74, 6) is -3.88. The number of quaternary nitrogens is 1. The molecule has 11 heteroatoms. The fourth-order valence-corrected chi connectivity index (χ4v) is 4.06. The van der Waals surface area contributed by atoms with Crippen LogP contribution < -0.4 is 20.6 Å². The van der Waals surface area contributed by atoms with E-state index in [4.69, 9.17) is 9.90 Å². The van der Waals surface area contributed by atoms with Gasteiger partial charge in [-0.05, 0) is 30.5 Å². The van der Waals surface area contributed by atoms with Gasteiger partial charge in [0.05, 0.1) is 32.1 Å². The molecule has 0 spiro atoms. The number of hydrogen-bond acceptors (Lipinski definition) is 4. The van der Waals surface area contributed by atoms with Crippen LogP contribution in [0.5, 0.6) is 0 Å². The van der Waals surface area contributed by atoms with Crippen molar-refractivity contribution in [2.45, 2.75) is 82.8 Å². The Bertz CT molecular complexity index is 823. The van der Waals surface area contributed by atoms with E-state index in [0.717, 1.165) is 25.2 Å². The predicted molar refractivity (Wildman–Crippen MR) is 128 cm³/mol. The third-order valence-electron chi connectivity index (χ3n) is 6.19. The maximum absolute atomic E-state index is 12.5. The van der Waals surface area contributed by atoms with Gasteiger partial charge in [-0.2, -0.15) is 13.2 Å². The molecule has 0 aliphatic carbocycles. The fraction of sp³-hybridized carbons (Fsp3) is 0.640. The average Bonchev–Trinajstić information content (AvgIpc) is 2.78.